The molecule has 0 aliphatic heterocycles. The normalized spacial score (nSPS) is 20.7. The molecule has 2 rings (SSSR count). The Morgan fingerprint density at radius 3 is 2.80 bits per heavy atom. The number of halogens is 1. The maximum absolute atomic E-state index is 12.7. The largest absolute Gasteiger partial charge is 0.376 e. The van der Waals surface area contributed by atoms with Crippen LogP contribution in [0.1, 0.15) is 32.6 Å². The molecular formula is C15H20FN3O. The fraction of sp³-hybridized carbons (Fsp3) is 0.467. The number of rotatable bonds is 4. The van der Waals surface area contributed by atoms with Gasteiger partial charge in [-0.15, -0.1) is 0 Å². The van der Waals surface area contributed by atoms with E-state index < -0.39 is 0 Å². The number of anilines is 1. The Bertz CT molecular complexity index is 484. The minimum atomic E-state index is -0.294. The summed E-state index contributed by atoms with van der Waals surface area (Å²) >= 11 is 0. The van der Waals surface area contributed by atoms with Crippen LogP contribution in [0.5, 0.6) is 0 Å². The molecule has 1 aliphatic rings. The van der Waals surface area contributed by atoms with Crippen LogP contribution in [0, 0.1) is 11.7 Å². The van der Waals surface area contributed by atoms with Gasteiger partial charge in [0.05, 0.1) is 6.54 Å². The predicted molar refractivity (Wildman–Crippen MR) is 78.1 cm³/mol. The van der Waals surface area contributed by atoms with Gasteiger partial charge >= 0.3 is 0 Å². The number of benzene rings is 1. The number of nitrogens with zero attached hydrogens (tertiary/aromatic N) is 1. The molecule has 20 heavy (non-hydrogen) atoms. The highest BCUT2D eigenvalue weighted by atomic mass is 19.1. The highest BCUT2D eigenvalue weighted by Crippen LogP contribution is 2.20. The number of carbonyl (C=O) groups excluding carboxylic acids is 1. The Morgan fingerprint density at radius 1 is 1.35 bits per heavy atom. The Balaban J connectivity index is 1.77. The number of hydrazone groups is 1. The van der Waals surface area contributed by atoms with Crippen LogP contribution in [0.3, 0.4) is 0 Å². The number of nitrogens with one attached hydrogen (secondary N) is 2. The van der Waals surface area contributed by atoms with Gasteiger partial charge in [0.15, 0.2) is 0 Å². The molecular weight excluding hydrogens is 257 g/mol. The molecule has 0 bridgehead atoms. The van der Waals surface area contributed by atoms with E-state index in [2.05, 4.69) is 22.8 Å². The van der Waals surface area contributed by atoms with Crippen LogP contribution in [0.4, 0.5) is 10.1 Å². The fourth-order valence-electron chi connectivity index (χ4n) is 2.26. The van der Waals surface area contributed by atoms with Crippen molar-refractivity contribution in [2.24, 2.45) is 11.0 Å². The summed E-state index contributed by atoms with van der Waals surface area (Å²) in [5.41, 5.74) is 4.36. The van der Waals surface area contributed by atoms with Crippen LogP contribution < -0.4 is 10.7 Å². The molecule has 0 unspecified atom stereocenters. The first kappa shape index (κ1) is 14.5. The van der Waals surface area contributed by atoms with Gasteiger partial charge in [0.2, 0.25) is 0 Å². The summed E-state index contributed by atoms with van der Waals surface area (Å²) in [6.07, 6.45) is 4.49. The van der Waals surface area contributed by atoms with E-state index in [-0.39, 0.29) is 18.3 Å². The van der Waals surface area contributed by atoms with Crippen LogP contribution >= 0.6 is 0 Å². The van der Waals surface area contributed by atoms with E-state index in [1.54, 1.807) is 12.1 Å². The van der Waals surface area contributed by atoms with Gasteiger partial charge in [0.1, 0.15) is 5.82 Å². The molecule has 2 N–H and O–H groups in total. The molecule has 1 aliphatic carbocycles. The molecule has 0 spiro atoms. The van der Waals surface area contributed by atoms with Crippen LogP contribution in [0.15, 0.2) is 29.4 Å². The van der Waals surface area contributed by atoms with Crippen molar-refractivity contribution in [1.29, 1.82) is 0 Å². The summed E-state index contributed by atoms with van der Waals surface area (Å²) in [5, 5.41) is 7.13. The fourth-order valence-corrected chi connectivity index (χ4v) is 2.26. The smallest absolute Gasteiger partial charge is 0.259 e. The van der Waals surface area contributed by atoms with Gasteiger partial charge < -0.3 is 5.32 Å². The number of hydrogen-bond acceptors (Lipinski definition) is 3. The lowest BCUT2D eigenvalue weighted by Gasteiger charge is -2.19. The first-order valence-electron chi connectivity index (χ1n) is 7.00. The molecule has 0 radical (unpaired) electrons. The van der Waals surface area contributed by atoms with Crippen molar-refractivity contribution in [3.63, 3.8) is 0 Å². The maximum Gasteiger partial charge on any atom is 0.259 e. The van der Waals surface area contributed by atoms with Crippen molar-refractivity contribution in [2.75, 3.05) is 11.9 Å². The summed E-state index contributed by atoms with van der Waals surface area (Å²) in [4.78, 5) is 11.7. The Morgan fingerprint density at radius 2 is 2.10 bits per heavy atom. The zero-order valence-electron chi connectivity index (χ0n) is 11.7. The molecule has 1 amide bonds. The van der Waals surface area contributed by atoms with Gasteiger partial charge in [0.25, 0.3) is 5.91 Å². The Kier molecular flexibility index (Phi) is 5.09. The first-order chi connectivity index (χ1) is 9.65. The molecule has 1 atom stereocenters. The quantitative estimate of drug-likeness (QED) is 0.831. The third kappa shape index (κ3) is 4.33. The molecule has 5 heteroatoms. The van der Waals surface area contributed by atoms with Crippen molar-refractivity contribution in [3.8, 4) is 0 Å². The van der Waals surface area contributed by atoms with Gasteiger partial charge in [-0.05, 0) is 49.4 Å². The second-order valence-corrected chi connectivity index (χ2v) is 5.15. The predicted octanol–water partition coefficient (Wildman–Crippen LogP) is 2.92. The highest BCUT2D eigenvalue weighted by molar-refractivity contribution is 5.89. The zero-order chi connectivity index (χ0) is 14.4. The van der Waals surface area contributed by atoms with E-state index in [0.717, 1.165) is 25.0 Å². The van der Waals surface area contributed by atoms with Crippen LogP contribution in [0.2, 0.25) is 0 Å². The van der Waals surface area contributed by atoms with E-state index in [0.29, 0.717) is 11.6 Å². The molecule has 1 fully saturated rings. The Hall–Kier alpha value is -1.91. The van der Waals surface area contributed by atoms with Crippen molar-refractivity contribution < 1.29 is 9.18 Å². The van der Waals surface area contributed by atoms with Gasteiger partial charge in [-0.25, -0.2) is 9.82 Å². The van der Waals surface area contributed by atoms with E-state index in [1.165, 1.54) is 18.6 Å². The lowest BCUT2D eigenvalue weighted by atomic mass is 9.89. The molecule has 0 aromatic heterocycles. The summed E-state index contributed by atoms with van der Waals surface area (Å²) in [7, 11) is 0. The molecule has 0 saturated heterocycles. The first-order valence-corrected chi connectivity index (χ1v) is 7.00. The molecule has 0 heterocycles. The van der Waals surface area contributed by atoms with E-state index >= 15 is 0 Å². The van der Waals surface area contributed by atoms with Crippen LogP contribution in [0.25, 0.3) is 0 Å². The number of carbonyl (C=O) groups is 1. The van der Waals surface area contributed by atoms with E-state index in [4.69, 9.17) is 0 Å². The third-order valence-corrected chi connectivity index (χ3v) is 3.51. The minimum absolute atomic E-state index is 0.122. The second-order valence-electron chi connectivity index (χ2n) is 5.15. The van der Waals surface area contributed by atoms with Crippen LogP contribution in [-0.2, 0) is 4.79 Å². The summed E-state index contributed by atoms with van der Waals surface area (Å²) in [6, 6.07) is 5.89. The summed E-state index contributed by atoms with van der Waals surface area (Å²) < 4.78 is 12.7. The SMILES string of the molecule is C[C@@H]1CCCC/C1=N/NC(=O)CNc1ccc(F)cc1. The van der Waals surface area contributed by atoms with Gasteiger partial charge in [0, 0.05) is 11.4 Å². The van der Waals surface area contributed by atoms with Crippen molar-refractivity contribution in [1.82, 2.24) is 5.43 Å². The average Bonchev–Trinajstić information content (AvgIpc) is 2.46. The van der Waals surface area contributed by atoms with Gasteiger partial charge in [-0.1, -0.05) is 13.3 Å². The van der Waals surface area contributed by atoms with Crippen LogP contribution in [-0.4, -0.2) is 18.2 Å². The van der Waals surface area contributed by atoms with Crippen molar-refractivity contribution in [2.45, 2.75) is 32.6 Å². The second kappa shape index (κ2) is 7.03. The summed E-state index contributed by atoms with van der Waals surface area (Å²) in [6.45, 7) is 2.26. The third-order valence-electron chi connectivity index (χ3n) is 3.51. The van der Waals surface area contributed by atoms with Gasteiger partial charge in [-0.3, -0.25) is 4.79 Å². The van der Waals surface area contributed by atoms with E-state index in [1.807, 2.05) is 0 Å². The molecule has 1 aromatic rings. The minimum Gasteiger partial charge on any atom is -0.376 e. The lowest BCUT2D eigenvalue weighted by molar-refractivity contribution is -0.119. The molecule has 108 valence electrons. The van der Waals surface area contributed by atoms with Crippen molar-refractivity contribution >= 4 is 17.3 Å². The number of amides is 1. The van der Waals surface area contributed by atoms with Gasteiger partial charge in [-0.2, -0.15) is 5.10 Å². The lowest BCUT2D eigenvalue weighted by Crippen LogP contribution is -2.28. The van der Waals surface area contributed by atoms with E-state index in [9.17, 15) is 9.18 Å². The van der Waals surface area contributed by atoms with Crippen molar-refractivity contribution in [3.05, 3.63) is 30.1 Å². The standard InChI is InChI=1S/C15H20FN3O/c1-11-4-2-3-5-14(11)18-19-15(20)10-17-13-8-6-12(16)7-9-13/h6-9,11,17H,2-5,10H2,1H3,(H,19,20)/b18-14-/t11-/m1/s1. The highest BCUT2D eigenvalue weighted by Gasteiger charge is 2.15. The molecule has 4 nitrogen and oxygen atoms in total. The Labute approximate surface area is 118 Å². The molecule has 1 saturated carbocycles. The monoisotopic (exact) mass is 277 g/mol. The molecule has 1 aromatic carbocycles. The zero-order valence-corrected chi connectivity index (χ0v) is 11.7. The average molecular weight is 277 g/mol. The number of hydrogen-bond donors (Lipinski definition) is 2. The maximum atomic E-state index is 12.7. The topological polar surface area (TPSA) is 53.5 Å². The summed E-state index contributed by atoms with van der Waals surface area (Å²) in [5.74, 6) is -0.0357.